The highest BCUT2D eigenvalue weighted by atomic mass is 16.6. The van der Waals surface area contributed by atoms with Crippen LogP contribution >= 0.6 is 0 Å². The number of hydrogen-bond acceptors (Lipinski definition) is 6. The highest BCUT2D eigenvalue weighted by Crippen LogP contribution is 2.37. The first-order chi connectivity index (χ1) is 16.6. The third-order valence-corrected chi connectivity index (χ3v) is 6.26. The number of benzene rings is 1. The highest BCUT2D eigenvalue weighted by molar-refractivity contribution is 5.90. The summed E-state index contributed by atoms with van der Waals surface area (Å²) in [6, 6.07) is 12.0. The van der Waals surface area contributed by atoms with E-state index in [2.05, 4.69) is 37.9 Å². The van der Waals surface area contributed by atoms with Gasteiger partial charge in [-0.15, -0.1) is 0 Å². The molecule has 1 saturated heterocycles. The highest BCUT2D eigenvalue weighted by Gasteiger charge is 2.33. The quantitative estimate of drug-likeness (QED) is 0.500. The molecule has 176 valence electrons. The molecule has 1 unspecified atom stereocenters. The topological polar surface area (TPSA) is 112 Å². The molecule has 0 radical (unpaired) electrons. The van der Waals surface area contributed by atoms with Gasteiger partial charge in [-0.3, -0.25) is 19.8 Å². The maximum absolute atomic E-state index is 12.4. The van der Waals surface area contributed by atoms with E-state index in [0.717, 1.165) is 60.7 Å². The first-order valence-electron chi connectivity index (χ1n) is 11.7. The van der Waals surface area contributed by atoms with E-state index >= 15 is 0 Å². The maximum Gasteiger partial charge on any atom is 0.414 e. The van der Waals surface area contributed by atoms with Crippen LogP contribution in [0.2, 0.25) is 0 Å². The summed E-state index contributed by atoms with van der Waals surface area (Å²) in [5, 5.41) is 14.0. The van der Waals surface area contributed by atoms with Gasteiger partial charge < -0.3 is 15.4 Å². The van der Waals surface area contributed by atoms with E-state index in [1.807, 2.05) is 30.5 Å². The number of aromatic nitrogens is 3. The van der Waals surface area contributed by atoms with Crippen molar-refractivity contribution in [3.8, 4) is 11.3 Å². The molecular weight excluding hydrogens is 432 g/mol. The third-order valence-electron chi connectivity index (χ3n) is 6.26. The number of anilines is 2. The lowest BCUT2D eigenvalue weighted by Gasteiger charge is -2.16. The van der Waals surface area contributed by atoms with Gasteiger partial charge in [0.25, 0.3) is 0 Å². The molecule has 1 fully saturated rings. The van der Waals surface area contributed by atoms with Gasteiger partial charge in [0.05, 0.1) is 18.8 Å². The fourth-order valence-electron chi connectivity index (χ4n) is 4.58. The fraction of sp³-hybridized carbons (Fsp3) is 0.360. The number of nitrogens with one attached hydrogen (secondary N) is 3. The lowest BCUT2D eigenvalue weighted by atomic mass is 10.0. The zero-order chi connectivity index (χ0) is 23.5. The molecule has 0 saturated carbocycles. The van der Waals surface area contributed by atoms with E-state index in [9.17, 15) is 9.59 Å². The maximum atomic E-state index is 12.4. The predicted octanol–water partition coefficient (Wildman–Crippen LogP) is 3.08. The van der Waals surface area contributed by atoms with Crippen molar-refractivity contribution in [3.63, 3.8) is 0 Å². The fourth-order valence-corrected chi connectivity index (χ4v) is 4.58. The average molecular weight is 461 g/mol. The Bertz CT molecular complexity index is 1190. The van der Waals surface area contributed by atoms with Crippen molar-refractivity contribution in [2.45, 2.75) is 38.7 Å². The number of hydrogen-bond donors (Lipinski definition) is 3. The molecule has 0 bridgehead atoms. The number of carbonyl (C=O) groups is 2. The average Bonchev–Trinajstić information content (AvgIpc) is 3.36. The summed E-state index contributed by atoms with van der Waals surface area (Å²) in [6.07, 6.45) is 4.74. The largest absolute Gasteiger partial charge is 0.442 e. The standard InChI is InChI=1S/C25H28N6O3/c1-16(32)28-14-20-15-31(25(33)34-20)19-8-9-21-17(13-19)5-4-7-22-23(21)29-30-24(22)27-12-10-18-6-2-3-11-26-18/h2-3,6,8-9,11,13,20H,4-5,7,10,12,14-15H2,1H3,(H,28,32)(H2,27,29,30). The van der Waals surface area contributed by atoms with Crippen LogP contribution in [0, 0.1) is 0 Å². The van der Waals surface area contributed by atoms with Crippen LogP contribution in [0.4, 0.5) is 16.3 Å². The van der Waals surface area contributed by atoms with Crippen LogP contribution in [0.3, 0.4) is 0 Å². The van der Waals surface area contributed by atoms with Crippen molar-refractivity contribution in [1.29, 1.82) is 0 Å². The van der Waals surface area contributed by atoms with Crippen molar-refractivity contribution in [1.82, 2.24) is 20.5 Å². The zero-order valence-corrected chi connectivity index (χ0v) is 19.1. The van der Waals surface area contributed by atoms with E-state index in [1.54, 1.807) is 4.90 Å². The number of cyclic esters (lactones) is 1. The molecule has 5 rings (SSSR count). The molecule has 3 aromatic rings. The monoisotopic (exact) mass is 460 g/mol. The summed E-state index contributed by atoms with van der Waals surface area (Å²) < 4.78 is 5.42. The normalized spacial score (nSPS) is 16.9. The van der Waals surface area contributed by atoms with Crippen molar-refractivity contribution < 1.29 is 14.3 Å². The molecule has 2 amide bonds. The van der Waals surface area contributed by atoms with E-state index in [4.69, 9.17) is 4.74 Å². The van der Waals surface area contributed by atoms with Gasteiger partial charge in [-0.25, -0.2) is 4.79 Å². The van der Waals surface area contributed by atoms with Gasteiger partial charge in [-0.2, -0.15) is 5.10 Å². The molecule has 1 aliphatic heterocycles. The Morgan fingerprint density at radius 2 is 2.18 bits per heavy atom. The molecule has 3 N–H and O–H groups in total. The molecule has 1 atom stereocenters. The second kappa shape index (κ2) is 9.54. The molecule has 9 nitrogen and oxygen atoms in total. The second-order valence-corrected chi connectivity index (χ2v) is 8.67. The van der Waals surface area contributed by atoms with Crippen LogP contribution in [0.15, 0.2) is 42.6 Å². The zero-order valence-electron chi connectivity index (χ0n) is 19.1. The molecule has 1 aliphatic carbocycles. The minimum Gasteiger partial charge on any atom is -0.442 e. The van der Waals surface area contributed by atoms with Gasteiger partial charge in [-0.1, -0.05) is 12.1 Å². The van der Waals surface area contributed by atoms with Gasteiger partial charge in [-0.05, 0) is 49.1 Å². The van der Waals surface area contributed by atoms with Crippen LogP contribution in [0.1, 0.15) is 30.2 Å². The minimum atomic E-state index is -0.384. The Labute approximate surface area is 197 Å². The lowest BCUT2D eigenvalue weighted by molar-refractivity contribution is -0.119. The SMILES string of the molecule is CC(=O)NCC1CN(c2ccc3c(c2)CCCc2c(NCCc4ccccn4)n[nH]c2-3)C(=O)O1. The number of aryl methyl sites for hydroxylation is 1. The van der Waals surface area contributed by atoms with Gasteiger partial charge in [0, 0.05) is 48.6 Å². The smallest absolute Gasteiger partial charge is 0.414 e. The van der Waals surface area contributed by atoms with Crippen LogP contribution in [-0.4, -0.2) is 52.9 Å². The van der Waals surface area contributed by atoms with Crippen molar-refractivity contribution in [3.05, 3.63) is 59.4 Å². The summed E-state index contributed by atoms with van der Waals surface area (Å²) in [5.41, 5.74) is 6.39. The number of pyridine rings is 1. The van der Waals surface area contributed by atoms with E-state index in [1.165, 1.54) is 18.1 Å². The van der Waals surface area contributed by atoms with Crippen LogP contribution < -0.4 is 15.5 Å². The second-order valence-electron chi connectivity index (χ2n) is 8.67. The van der Waals surface area contributed by atoms with Crippen molar-refractivity contribution in [2.75, 3.05) is 29.9 Å². The first kappa shape index (κ1) is 21.9. The van der Waals surface area contributed by atoms with Crippen LogP contribution in [0.25, 0.3) is 11.3 Å². The molecule has 0 spiro atoms. The summed E-state index contributed by atoms with van der Waals surface area (Å²) in [5.74, 6) is 0.757. The molecule has 2 aromatic heterocycles. The van der Waals surface area contributed by atoms with Crippen molar-refractivity contribution >= 4 is 23.5 Å². The Balaban J connectivity index is 1.30. The number of carbonyl (C=O) groups excluding carboxylic acids is 2. The number of nitrogens with zero attached hydrogens (tertiary/aromatic N) is 3. The summed E-state index contributed by atoms with van der Waals surface area (Å²) >= 11 is 0. The van der Waals surface area contributed by atoms with Crippen LogP contribution in [0.5, 0.6) is 0 Å². The van der Waals surface area contributed by atoms with E-state index in [-0.39, 0.29) is 18.1 Å². The molecule has 34 heavy (non-hydrogen) atoms. The predicted molar refractivity (Wildman–Crippen MR) is 129 cm³/mol. The summed E-state index contributed by atoms with van der Waals surface area (Å²) in [7, 11) is 0. The number of amides is 2. The van der Waals surface area contributed by atoms with E-state index < -0.39 is 0 Å². The summed E-state index contributed by atoms with van der Waals surface area (Å²) in [4.78, 5) is 29.6. The summed E-state index contributed by atoms with van der Waals surface area (Å²) in [6.45, 7) is 2.94. The Morgan fingerprint density at radius 3 is 3.00 bits per heavy atom. The lowest BCUT2D eigenvalue weighted by Crippen LogP contribution is -2.33. The molecule has 3 heterocycles. The molecule has 1 aromatic carbocycles. The third kappa shape index (κ3) is 4.59. The van der Waals surface area contributed by atoms with Crippen molar-refractivity contribution in [2.24, 2.45) is 0 Å². The van der Waals surface area contributed by atoms with Gasteiger partial charge >= 0.3 is 6.09 Å². The van der Waals surface area contributed by atoms with Gasteiger partial charge in [0.15, 0.2) is 5.82 Å². The first-order valence-corrected chi connectivity index (χ1v) is 11.7. The molecular formula is C25H28N6O3. The van der Waals surface area contributed by atoms with E-state index in [0.29, 0.717) is 13.1 Å². The number of aromatic amines is 1. The molecule has 2 aliphatic rings. The Kier molecular flexibility index (Phi) is 6.16. The Morgan fingerprint density at radius 1 is 1.26 bits per heavy atom. The Hall–Kier alpha value is -3.88. The van der Waals surface area contributed by atoms with Gasteiger partial charge in [0.2, 0.25) is 5.91 Å². The molecule has 9 heteroatoms. The number of H-pyrrole nitrogens is 1. The number of rotatable bonds is 7. The number of fused-ring (bicyclic) bond motifs is 3. The van der Waals surface area contributed by atoms with Crippen LogP contribution in [-0.2, 0) is 28.8 Å². The number of ether oxygens (including phenoxy) is 1. The minimum absolute atomic E-state index is 0.138. The van der Waals surface area contributed by atoms with Gasteiger partial charge in [0.1, 0.15) is 6.10 Å².